The molecule has 7 nitrogen and oxygen atoms in total. The van der Waals surface area contributed by atoms with Gasteiger partial charge in [0.25, 0.3) is 5.91 Å². The van der Waals surface area contributed by atoms with E-state index in [2.05, 4.69) is 5.32 Å². The smallest absolute Gasteiger partial charge is 0.311 e. The van der Waals surface area contributed by atoms with Crippen molar-refractivity contribution < 1.29 is 23.9 Å². The Bertz CT molecular complexity index is 966. The molecule has 1 heterocycles. The Morgan fingerprint density at radius 2 is 1.97 bits per heavy atom. The number of anilines is 2. The summed E-state index contributed by atoms with van der Waals surface area (Å²) in [6.07, 6.45) is 0.00102. The molecule has 0 aromatic heterocycles. The number of benzene rings is 2. The Morgan fingerprint density at radius 1 is 1.20 bits per heavy atom. The molecule has 1 atom stereocenters. The zero-order valence-corrected chi connectivity index (χ0v) is 17.7. The molecule has 30 heavy (non-hydrogen) atoms. The van der Waals surface area contributed by atoms with Crippen molar-refractivity contribution >= 4 is 52.4 Å². The molecule has 2 aromatic carbocycles. The van der Waals surface area contributed by atoms with Crippen LogP contribution in [-0.4, -0.2) is 37.5 Å². The number of nitrogens with zero attached hydrogens (tertiary/aromatic N) is 1. The van der Waals surface area contributed by atoms with E-state index >= 15 is 0 Å². The normalized spacial score (nSPS) is 15.8. The quantitative estimate of drug-likeness (QED) is 0.645. The molecule has 1 fully saturated rings. The highest BCUT2D eigenvalue weighted by Crippen LogP contribution is 2.33. The SMILES string of the molecule is CCOc1ccccc1N1C[C@H](C(=O)OCC(=O)Nc2cc(Cl)ccc2Cl)CC1=O. The fourth-order valence-corrected chi connectivity index (χ4v) is 3.43. The largest absolute Gasteiger partial charge is 0.492 e. The Morgan fingerprint density at radius 3 is 2.73 bits per heavy atom. The zero-order chi connectivity index (χ0) is 21.7. The number of halogens is 2. The minimum absolute atomic E-state index is 0.00102. The van der Waals surface area contributed by atoms with E-state index in [9.17, 15) is 14.4 Å². The average molecular weight is 451 g/mol. The summed E-state index contributed by atoms with van der Waals surface area (Å²) in [5.74, 6) is -1.49. The molecule has 1 aliphatic rings. The van der Waals surface area contributed by atoms with Gasteiger partial charge in [0.05, 0.1) is 28.9 Å². The van der Waals surface area contributed by atoms with Crippen LogP contribution >= 0.6 is 23.2 Å². The fourth-order valence-electron chi connectivity index (χ4n) is 3.09. The molecule has 0 radical (unpaired) electrons. The summed E-state index contributed by atoms with van der Waals surface area (Å²) in [6, 6.07) is 11.8. The molecule has 0 unspecified atom stereocenters. The first-order chi connectivity index (χ1) is 14.4. The van der Waals surface area contributed by atoms with Crippen molar-refractivity contribution in [3.63, 3.8) is 0 Å². The molecule has 158 valence electrons. The molecule has 1 N–H and O–H groups in total. The summed E-state index contributed by atoms with van der Waals surface area (Å²) in [5.41, 5.74) is 0.924. The third-order valence-electron chi connectivity index (χ3n) is 4.46. The van der Waals surface area contributed by atoms with E-state index in [0.717, 1.165) is 0 Å². The van der Waals surface area contributed by atoms with E-state index in [1.807, 2.05) is 13.0 Å². The lowest BCUT2D eigenvalue weighted by Gasteiger charge is -2.20. The number of nitrogens with one attached hydrogen (secondary N) is 1. The Balaban J connectivity index is 1.57. The van der Waals surface area contributed by atoms with Crippen molar-refractivity contribution in [3.05, 3.63) is 52.5 Å². The van der Waals surface area contributed by atoms with E-state index in [0.29, 0.717) is 33.8 Å². The molecule has 0 bridgehead atoms. The monoisotopic (exact) mass is 450 g/mol. The van der Waals surface area contributed by atoms with Crippen molar-refractivity contribution in [1.29, 1.82) is 0 Å². The Hall–Kier alpha value is -2.77. The highest BCUT2D eigenvalue weighted by atomic mass is 35.5. The molecule has 9 heteroatoms. The van der Waals surface area contributed by atoms with Crippen molar-refractivity contribution in [2.24, 2.45) is 5.92 Å². The highest BCUT2D eigenvalue weighted by Gasteiger charge is 2.37. The third-order valence-corrected chi connectivity index (χ3v) is 5.03. The van der Waals surface area contributed by atoms with E-state index in [1.165, 1.54) is 11.0 Å². The molecular weight excluding hydrogens is 431 g/mol. The predicted octanol–water partition coefficient (Wildman–Crippen LogP) is 3.93. The molecule has 0 aliphatic carbocycles. The van der Waals surface area contributed by atoms with Gasteiger partial charge in [-0.2, -0.15) is 0 Å². The molecule has 2 aromatic rings. The second kappa shape index (κ2) is 9.82. The van der Waals surface area contributed by atoms with E-state index in [-0.39, 0.29) is 18.9 Å². The van der Waals surface area contributed by atoms with Crippen LogP contribution in [0.15, 0.2) is 42.5 Å². The van der Waals surface area contributed by atoms with Crippen LogP contribution in [0.2, 0.25) is 10.0 Å². The van der Waals surface area contributed by atoms with Gasteiger partial charge >= 0.3 is 5.97 Å². The average Bonchev–Trinajstić information content (AvgIpc) is 3.11. The second-order valence-electron chi connectivity index (χ2n) is 6.59. The second-order valence-corrected chi connectivity index (χ2v) is 7.43. The minimum Gasteiger partial charge on any atom is -0.492 e. The summed E-state index contributed by atoms with van der Waals surface area (Å²) in [5, 5.41) is 3.25. The van der Waals surface area contributed by atoms with Crippen LogP contribution in [0.3, 0.4) is 0 Å². The fraction of sp³-hybridized carbons (Fsp3) is 0.286. The number of hydrogen-bond donors (Lipinski definition) is 1. The number of carbonyl (C=O) groups excluding carboxylic acids is 3. The van der Waals surface area contributed by atoms with E-state index in [1.54, 1.807) is 30.3 Å². The molecule has 0 spiro atoms. The molecule has 1 saturated heterocycles. The van der Waals surface area contributed by atoms with Crippen LogP contribution in [-0.2, 0) is 19.1 Å². The van der Waals surface area contributed by atoms with Gasteiger partial charge in [0.15, 0.2) is 6.61 Å². The van der Waals surface area contributed by atoms with Crippen molar-refractivity contribution in [1.82, 2.24) is 0 Å². The number of para-hydroxylation sites is 2. The standard InChI is InChI=1S/C21H20Cl2N2O5/c1-2-29-18-6-4-3-5-17(18)25-11-13(9-20(25)27)21(28)30-12-19(26)24-16-10-14(22)7-8-15(16)23/h3-8,10,13H,2,9,11-12H2,1H3,(H,24,26)/t13-/m1/s1. The van der Waals surface area contributed by atoms with Gasteiger partial charge in [-0.15, -0.1) is 0 Å². The molecular formula is C21H20Cl2N2O5. The number of esters is 1. The highest BCUT2D eigenvalue weighted by molar-refractivity contribution is 6.35. The summed E-state index contributed by atoms with van der Waals surface area (Å²) in [6.45, 7) is 1.96. The van der Waals surface area contributed by atoms with Crippen molar-refractivity contribution in [2.45, 2.75) is 13.3 Å². The van der Waals surface area contributed by atoms with Gasteiger partial charge in [0.2, 0.25) is 5.91 Å². The number of rotatable bonds is 7. The lowest BCUT2D eigenvalue weighted by Crippen LogP contribution is -2.28. The number of hydrogen-bond acceptors (Lipinski definition) is 5. The summed E-state index contributed by atoms with van der Waals surface area (Å²) in [4.78, 5) is 38.4. The van der Waals surface area contributed by atoms with Crippen molar-refractivity contribution in [2.75, 3.05) is 30.0 Å². The van der Waals surface area contributed by atoms with Gasteiger partial charge in [-0.25, -0.2) is 0 Å². The van der Waals surface area contributed by atoms with Crippen LogP contribution in [0, 0.1) is 5.92 Å². The number of carbonyl (C=O) groups is 3. The van der Waals surface area contributed by atoms with Crippen LogP contribution in [0.25, 0.3) is 0 Å². The Labute approximate surface area is 183 Å². The predicted molar refractivity (Wildman–Crippen MR) is 114 cm³/mol. The van der Waals surface area contributed by atoms with Crippen LogP contribution in [0.4, 0.5) is 11.4 Å². The van der Waals surface area contributed by atoms with Crippen molar-refractivity contribution in [3.8, 4) is 5.75 Å². The van der Waals surface area contributed by atoms with E-state index < -0.39 is 24.4 Å². The van der Waals surface area contributed by atoms with Gasteiger partial charge in [-0.1, -0.05) is 35.3 Å². The van der Waals surface area contributed by atoms with Crippen LogP contribution in [0.1, 0.15) is 13.3 Å². The van der Waals surface area contributed by atoms with Crippen LogP contribution in [0.5, 0.6) is 5.75 Å². The third kappa shape index (κ3) is 5.23. The maximum atomic E-state index is 12.5. The van der Waals surface area contributed by atoms with Gasteiger partial charge in [-0.05, 0) is 37.3 Å². The molecule has 3 rings (SSSR count). The molecule has 1 aliphatic heterocycles. The van der Waals surface area contributed by atoms with Gasteiger partial charge in [-0.3, -0.25) is 14.4 Å². The maximum absolute atomic E-state index is 12.5. The summed E-state index contributed by atoms with van der Waals surface area (Å²) >= 11 is 11.9. The lowest BCUT2D eigenvalue weighted by atomic mass is 10.1. The van der Waals surface area contributed by atoms with Gasteiger partial charge < -0.3 is 19.7 Å². The first-order valence-corrected chi connectivity index (χ1v) is 10.1. The number of ether oxygens (including phenoxy) is 2. The topological polar surface area (TPSA) is 84.9 Å². The summed E-state index contributed by atoms with van der Waals surface area (Å²) in [7, 11) is 0. The number of amides is 2. The van der Waals surface area contributed by atoms with E-state index in [4.69, 9.17) is 32.7 Å². The minimum atomic E-state index is -0.672. The zero-order valence-electron chi connectivity index (χ0n) is 16.2. The van der Waals surface area contributed by atoms with Gasteiger partial charge in [0.1, 0.15) is 5.75 Å². The first-order valence-electron chi connectivity index (χ1n) is 9.32. The maximum Gasteiger partial charge on any atom is 0.311 e. The first kappa shape index (κ1) is 21.9. The molecule has 0 saturated carbocycles. The van der Waals surface area contributed by atoms with Crippen LogP contribution < -0.4 is 15.0 Å². The molecule has 2 amide bonds. The lowest BCUT2D eigenvalue weighted by molar-refractivity contribution is -0.151. The Kier molecular flexibility index (Phi) is 7.18. The van der Waals surface area contributed by atoms with Gasteiger partial charge in [0, 0.05) is 18.0 Å². The summed E-state index contributed by atoms with van der Waals surface area (Å²) < 4.78 is 10.7.